The summed E-state index contributed by atoms with van der Waals surface area (Å²) >= 11 is 0. The molecule has 7 heteroatoms. The van der Waals surface area contributed by atoms with Crippen molar-refractivity contribution in [2.75, 3.05) is 18.5 Å². The highest BCUT2D eigenvalue weighted by Gasteiger charge is 2.21. The van der Waals surface area contributed by atoms with Gasteiger partial charge in [0.05, 0.1) is 6.61 Å². The van der Waals surface area contributed by atoms with Crippen molar-refractivity contribution in [1.29, 1.82) is 0 Å². The summed E-state index contributed by atoms with van der Waals surface area (Å²) in [5, 5.41) is 2.45. The van der Waals surface area contributed by atoms with Crippen molar-refractivity contribution >= 4 is 23.6 Å². The van der Waals surface area contributed by atoms with Crippen molar-refractivity contribution in [3.63, 3.8) is 0 Å². The van der Waals surface area contributed by atoms with Crippen LogP contribution in [-0.2, 0) is 20.7 Å². The van der Waals surface area contributed by atoms with Crippen molar-refractivity contribution in [2.45, 2.75) is 26.4 Å². The number of amides is 1. The first-order valence-electron chi connectivity index (χ1n) is 9.31. The van der Waals surface area contributed by atoms with E-state index in [9.17, 15) is 14.0 Å². The van der Waals surface area contributed by atoms with Crippen molar-refractivity contribution in [2.24, 2.45) is 0 Å². The quantitative estimate of drug-likeness (QED) is 0.567. The molecule has 0 spiro atoms. The van der Waals surface area contributed by atoms with Gasteiger partial charge in [-0.3, -0.25) is 4.79 Å². The lowest BCUT2D eigenvalue weighted by Crippen LogP contribution is -2.20. The summed E-state index contributed by atoms with van der Waals surface area (Å²) < 4.78 is 29.5. The highest BCUT2D eigenvalue weighted by Crippen LogP contribution is 2.35. The number of hydrogen-bond acceptors (Lipinski definition) is 5. The summed E-state index contributed by atoms with van der Waals surface area (Å²) in [4.78, 5) is 23.8. The monoisotopic (exact) mass is 399 g/mol. The van der Waals surface area contributed by atoms with Gasteiger partial charge in [0, 0.05) is 29.3 Å². The molecule has 1 aliphatic rings. The Morgan fingerprint density at radius 1 is 1.31 bits per heavy atom. The molecule has 1 heterocycles. The Morgan fingerprint density at radius 3 is 2.90 bits per heavy atom. The smallest absolute Gasteiger partial charge is 0.331 e. The summed E-state index contributed by atoms with van der Waals surface area (Å²) in [5.41, 5.74) is 2.03. The molecule has 0 aliphatic carbocycles. The molecule has 0 aromatic heterocycles. The molecule has 29 heavy (non-hydrogen) atoms. The second-order valence-corrected chi connectivity index (χ2v) is 6.56. The van der Waals surface area contributed by atoms with E-state index < -0.39 is 24.3 Å². The second-order valence-electron chi connectivity index (χ2n) is 6.56. The van der Waals surface area contributed by atoms with Gasteiger partial charge in [-0.1, -0.05) is 6.07 Å². The van der Waals surface area contributed by atoms with E-state index in [0.29, 0.717) is 17.9 Å². The third-order valence-electron chi connectivity index (χ3n) is 4.18. The van der Waals surface area contributed by atoms with E-state index in [2.05, 4.69) is 5.32 Å². The number of halogens is 1. The number of anilines is 1. The minimum atomic E-state index is -0.684. The van der Waals surface area contributed by atoms with E-state index >= 15 is 0 Å². The van der Waals surface area contributed by atoms with Crippen molar-refractivity contribution in [3.8, 4) is 11.5 Å². The minimum Gasteiger partial charge on any atom is -0.493 e. The Balaban J connectivity index is 1.59. The van der Waals surface area contributed by atoms with E-state index in [0.717, 1.165) is 17.7 Å². The van der Waals surface area contributed by atoms with E-state index in [1.54, 1.807) is 6.08 Å². The van der Waals surface area contributed by atoms with Crippen LogP contribution >= 0.6 is 0 Å². The molecule has 2 aromatic rings. The van der Waals surface area contributed by atoms with E-state index in [1.807, 2.05) is 26.0 Å². The van der Waals surface area contributed by atoms with Crippen molar-refractivity contribution in [3.05, 3.63) is 59.4 Å². The lowest BCUT2D eigenvalue weighted by molar-refractivity contribution is -0.142. The first kappa shape index (κ1) is 20.4. The van der Waals surface area contributed by atoms with Gasteiger partial charge in [-0.2, -0.15) is 0 Å². The Hall–Kier alpha value is -3.35. The van der Waals surface area contributed by atoms with Gasteiger partial charge >= 0.3 is 5.97 Å². The lowest BCUT2D eigenvalue weighted by Gasteiger charge is -2.10. The second kappa shape index (κ2) is 9.23. The fraction of sp³-hybridized carbons (Fsp3) is 0.273. The molecule has 0 saturated heterocycles. The number of esters is 1. The number of benzene rings is 2. The zero-order chi connectivity index (χ0) is 20.8. The predicted octanol–water partition coefficient (Wildman–Crippen LogP) is 3.74. The standard InChI is InChI=1S/C22H22FNO5/c1-3-27-19-11-16-9-14(2)29-20(16)10-15(19)7-8-22(26)28-13-21(25)24-18-6-4-5-17(23)12-18/h4-8,10-12,14H,3,9,13H2,1-2H3,(H,24,25)/b8-7+/t14-/m1/s1. The van der Waals surface area contributed by atoms with Gasteiger partial charge in [0.2, 0.25) is 0 Å². The molecule has 1 aliphatic heterocycles. The van der Waals surface area contributed by atoms with Crippen LogP contribution in [0, 0.1) is 5.82 Å². The number of fused-ring (bicyclic) bond motifs is 1. The maximum Gasteiger partial charge on any atom is 0.331 e. The largest absolute Gasteiger partial charge is 0.493 e. The summed E-state index contributed by atoms with van der Waals surface area (Å²) in [7, 11) is 0. The molecule has 152 valence electrons. The van der Waals surface area contributed by atoms with Crippen LogP contribution < -0.4 is 14.8 Å². The van der Waals surface area contributed by atoms with Crippen LogP contribution in [0.5, 0.6) is 11.5 Å². The van der Waals surface area contributed by atoms with Crippen LogP contribution in [0.2, 0.25) is 0 Å². The summed E-state index contributed by atoms with van der Waals surface area (Å²) in [6, 6.07) is 9.18. The van der Waals surface area contributed by atoms with Crippen LogP contribution in [0.25, 0.3) is 6.08 Å². The van der Waals surface area contributed by atoms with Gasteiger partial charge in [-0.05, 0) is 50.3 Å². The Morgan fingerprint density at radius 2 is 2.14 bits per heavy atom. The fourth-order valence-corrected chi connectivity index (χ4v) is 2.97. The Bertz CT molecular complexity index is 941. The predicted molar refractivity (Wildman–Crippen MR) is 106 cm³/mol. The minimum absolute atomic E-state index is 0.0975. The molecular formula is C22H22FNO5. The molecule has 6 nitrogen and oxygen atoms in total. The summed E-state index contributed by atoms with van der Waals surface area (Å²) in [6.07, 6.45) is 3.69. The summed E-state index contributed by atoms with van der Waals surface area (Å²) in [6.45, 7) is 3.87. The van der Waals surface area contributed by atoms with Crippen molar-refractivity contribution < 1.29 is 28.2 Å². The molecule has 0 bridgehead atoms. The highest BCUT2D eigenvalue weighted by molar-refractivity contribution is 5.94. The van der Waals surface area contributed by atoms with Crippen LogP contribution in [0.15, 0.2) is 42.5 Å². The highest BCUT2D eigenvalue weighted by atomic mass is 19.1. The van der Waals surface area contributed by atoms with Crippen LogP contribution in [0.3, 0.4) is 0 Å². The number of carbonyl (C=O) groups excluding carboxylic acids is 2. The maximum atomic E-state index is 13.1. The van der Waals surface area contributed by atoms with Gasteiger partial charge < -0.3 is 19.5 Å². The molecule has 1 atom stereocenters. The lowest BCUT2D eigenvalue weighted by atomic mass is 10.1. The number of nitrogens with one attached hydrogen (secondary N) is 1. The fourth-order valence-electron chi connectivity index (χ4n) is 2.97. The third-order valence-corrected chi connectivity index (χ3v) is 4.18. The summed E-state index contributed by atoms with van der Waals surface area (Å²) in [5.74, 6) is -0.301. The zero-order valence-electron chi connectivity index (χ0n) is 16.2. The van der Waals surface area contributed by atoms with E-state index in [-0.39, 0.29) is 11.8 Å². The van der Waals surface area contributed by atoms with Crippen molar-refractivity contribution in [1.82, 2.24) is 0 Å². The number of rotatable bonds is 7. The SMILES string of the molecule is CCOc1cc2c(cc1/C=C/C(=O)OCC(=O)Nc1cccc(F)c1)O[C@H](C)C2. The Labute approximate surface area is 168 Å². The van der Waals surface area contributed by atoms with Crippen LogP contribution in [0.1, 0.15) is 25.0 Å². The third kappa shape index (κ3) is 5.57. The van der Waals surface area contributed by atoms with Gasteiger partial charge in [-0.25, -0.2) is 9.18 Å². The van der Waals surface area contributed by atoms with E-state index in [1.165, 1.54) is 30.3 Å². The number of ether oxygens (including phenoxy) is 3. The van der Waals surface area contributed by atoms with Gasteiger partial charge in [-0.15, -0.1) is 0 Å². The number of hydrogen-bond donors (Lipinski definition) is 1. The molecule has 0 fully saturated rings. The average molecular weight is 399 g/mol. The van der Waals surface area contributed by atoms with Crippen LogP contribution in [0.4, 0.5) is 10.1 Å². The van der Waals surface area contributed by atoms with Crippen LogP contribution in [-0.4, -0.2) is 31.2 Å². The van der Waals surface area contributed by atoms with E-state index in [4.69, 9.17) is 14.2 Å². The molecule has 0 radical (unpaired) electrons. The molecule has 1 N–H and O–H groups in total. The molecule has 0 unspecified atom stereocenters. The normalized spacial score (nSPS) is 14.9. The molecule has 1 amide bonds. The first-order chi connectivity index (χ1) is 13.9. The molecule has 2 aromatic carbocycles. The topological polar surface area (TPSA) is 73.9 Å². The first-order valence-corrected chi connectivity index (χ1v) is 9.31. The van der Waals surface area contributed by atoms with Gasteiger partial charge in [0.1, 0.15) is 23.4 Å². The van der Waals surface area contributed by atoms with Gasteiger partial charge in [0.25, 0.3) is 5.91 Å². The maximum absolute atomic E-state index is 13.1. The Kier molecular flexibility index (Phi) is 6.49. The molecule has 0 saturated carbocycles. The number of carbonyl (C=O) groups is 2. The molecule has 3 rings (SSSR count). The molecular weight excluding hydrogens is 377 g/mol. The zero-order valence-corrected chi connectivity index (χ0v) is 16.2. The van der Waals surface area contributed by atoms with Gasteiger partial charge in [0.15, 0.2) is 6.61 Å². The average Bonchev–Trinajstić information content (AvgIpc) is 3.03.